The third-order valence-corrected chi connectivity index (χ3v) is 5.66. The Kier molecular flexibility index (Phi) is 6.96. The summed E-state index contributed by atoms with van der Waals surface area (Å²) in [6.45, 7) is 0. The fourth-order valence-electron chi connectivity index (χ4n) is 1.69. The molecule has 0 fully saturated rings. The molecule has 4 N–H and O–H groups in total. The van der Waals surface area contributed by atoms with Crippen molar-refractivity contribution < 1.29 is 43.9 Å². The molecule has 0 rings (SSSR count). The van der Waals surface area contributed by atoms with Crippen molar-refractivity contribution >= 4 is 8.40 Å². The molecule has 0 unspecified atom stereocenters. The molecule has 0 aliphatic carbocycles. The Balaban J connectivity index is 4.32. The molecule has 0 saturated carbocycles. The maximum Gasteiger partial charge on any atom is 0.453 e. The van der Waals surface area contributed by atoms with Crippen LogP contribution >= 0.6 is 0 Å². The molecular weight excluding hydrogens is 366 g/mol. The molecule has 0 amide bonds. The first-order valence-corrected chi connectivity index (χ1v) is 8.95. The molecule has 0 heterocycles. The van der Waals surface area contributed by atoms with Crippen molar-refractivity contribution in [2.45, 2.75) is 62.0 Å². The second kappa shape index (κ2) is 7.13. The molecule has 0 radical (unpaired) electrons. The molecule has 0 bridgehead atoms. The summed E-state index contributed by atoms with van der Waals surface area (Å²) in [4.78, 5) is 0. The Morgan fingerprint density at radius 2 is 0.826 bits per heavy atom. The van der Waals surface area contributed by atoms with Gasteiger partial charge in [-0.3, -0.25) is 0 Å². The number of alkyl halides is 10. The molecular formula is C10H16F10N2Si. The van der Waals surface area contributed by atoms with Crippen molar-refractivity contribution in [3.63, 3.8) is 0 Å². The Morgan fingerprint density at radius 3 is 1.04 bits per heavy atom. The molecule has 0 aromatic heterocycles. The van der Waals surface area contributed by atoms with Crippen LogP contribution in [0.2, 0.25) is 12.1 Å². The van der Waals surface area contributed by atoms with Crippen LogP contribution < -0.4 is 10.8 Å². The van der Waals surface area contributed by atoms with Gasteiger partial charge in [0.15, 0.2) is 8.40 Å². The van der Waals surface area contributed by atoms with E-state index >= 15 is 0 Å². The lowest BCUT2D eigenvalue weighted by molar-refractivity contribution is -0.284. The van der Waals surface area contributed by atoms with Crippen LogP contribution in [0.5, 0.6) is 0 Å². The smallest absolute Gasteiger partial charge is 0.339 e. The number of hydrogen-bond donors (Lipinski definition) is 2. The first-order valence-electron chi connectivity index (χ1n) is 6.38. The van der Waals surface area contributed by atoms with Gasteiger partial charge in [0.1, 0.15) is 0 Å². The van der Waals surface area contributed by atoms with Crippen LogP contribution in [0, 0.1) is 0 Å². The van der Waals surface area contributed by atoms with E-state index in [0.717, 1.165) is 0 Å². The molecule has 140 valence electrons. The molecule has 0 aliphatic heterocycles. The molecule has 13 heteroatoms. The highest BCUT2D eigenvalue weighted by Gasteiger charge is 2.57. The van der Waals surface area contributed by atoms with Gasteiger partial charge in [-0.15, -0.1) is 0 Å². The first kappa shape index (κ1) is 22.4. The summed E-state index contributed by atoms with van der Waals surface area (Å²) in [5, 5.41) is 10.9. The summed E-state index contributed by atoms with van der Waals surface area (Å²) in [6.07, 6.45) is -16.0. The fourth-order valence-corrected chi connectivity index (χ4v) is 3.61. The summed E-state index contributed by atoms with van der Waals surface area (Å²) in [5.74, 6) is -9.86. The Hall–Kier alpha value is -0.563. The van der Waals surface area contributed by atoms with Crippen molar-refractivity contribution in [2.24, 2.45) is 10.8 Å². The van der Waals surface area contributed by atoms with Crippen molar-refractivity contribution in [2.75, 3.05) is 0 Å². The molecule has 23 heavy (non-hydrogen) atoms. The minimum Gasteiger partial charge on any atom is -0.339 e. The summed E-state index contributed by atoms with van der Waals surface area (Å²) in [5.41, 5.74) is 0. The first-order chi connectivity index (χ1) is 9.91. The van der Waals surface area contributed by atoms with Gasteiger partial charge in [-0.25, -0.2) is 0 Å². The second-order valence-corrected chi connectivity index (χ2v) is 8.81. The predicted octanol–water partition coefficient (Wildman–Crippen LogP) is 4.30. The van der Waals surface area contributed by atoms with Crippen molar-refractivity contribution in [3.05, 3.63) is 0 Å². The highest BCUT2D eigenvalue weighted by molar-refractivity contribution is 6.73. The van der Waals surface area contributed by atoms with Crippen LogP contribution in [0.3, 0.4) is 0 Å². The van der Waals surface area contributed by atoms with Crippen LogP contribution in [-0.2, 0) is 0 Å². The van der Waals surface area contributed by atoms with Crippen LogP contribution in [0.15, 0.2) is 0 Å². The van der Waals surface area contributed by atoms with Gasteiger partial charge in [-0.2, -0.15) is 43.9 Å². The zero-order valence-corrected chi connectivity index (χ0v) is 12.7. The van der Waals surface area contributed by atoms with Gasteiger partial charge in [0.25, 0.3) is 0 Å². The van der Waals surface area contributed by atoms with E-state index in [1.54, 1.807) is 0 Å². The van der Waals surface area contributed by atoms with Crippen molar-refractivity contribution in [3.8, 4) is 0 Å². The summed E-state index contributed by atoms with van der Waals surface area (Å²) >= 11 is 0. The Labute approximate surface area is 126 Å². The number of hydrogen-bond acceptors (Lipinski definition) is 2. The fraction of sp³-hybridized carbons (Fsp3) is 1.00. The minimum absolute atomic E-state index is 0.448. The highest BCUT2D eigenvalue weighted by atomic mass is 28.3. The molecule has 0 aromatic carbocycles. The van der Waals surface area contributed by atoms with Gasteiger partial charge in [0.2, 0.25) is 0 Å². The molecule has 0 spiro atoms. The molecule has 0 aliphatic rings. The van der Waals surface area contributed by atoms with Crippen LogP contribution in [0.1, 0.15) is 25.7 Å². The minimum atomic E-state index is -5.73. The van der Waals surface area contributed by atoms with E-state index in [1.807, 2.05) is 0 Å². The third-order valence-electron chi connectivity index (χ3n) is 3.10. The number of halogens is 10. The van der Waals surface area contributed by atoms with Gasteiger partial charge >= 0.3 is 24.2 Å². The highest BCUT2D eigenvalue weighted by Crippen LogP contribution is 2.40. The molecule has 0 saturated heterocycles. The predicted molar refractivity (Wildman–Crippen MR) is 64.2 cm³/mol. The van der Waals surface area contributed by atoms with Crippen molar-refractivity contribution in [1.82, 2.24) is 0 Å². The van der Waals surface area contributed by atoms with E-state index in [4.69, 9.17) is 10.8 Å². The van der Waals surface area contributed by atoms with E-state index < -0.39 is 70.4 Å². The van der Waals surface area contributed by atoms with E-state index in [-0.39, 0.29) is 0 Å². The average molecular weight is 382 g/mol. The maximum absolute atomic E-state index is 12.6. The normalized spacial score (nSPS) is 15.1. The largest absolute Gasteiger partial charge is 0.453 e. The van der Waals surface area contributed by atoms with Gasteiger partial charge in [0, 0.05) is 12.8 Å². The topological polar surface area (TPSA) is 52.0 Å². The third kappa shape index (κ3) is 7.24. The van der Waals surface area contributed by atoms with E-state index in [0.29, 0.717) is 0 Å². The van der Waals surface area contributed by atoms with E-state index in [9.17, 15) is 43.9 Å². The quantitative estimate of drug-likeness (QED) is 0.486. The summed E-state index contributed by atoms with van der Waals surface area (Å²) in [7, 11) is -3.42. The molecule has 0 atom stereocenters. The zero-order valence-electron chi connectivity index (χ0n) is 11.7. The van der Waals surface area contributed by atoms with Crippen LogP contribution in [0.25, 0.3) is 0 Å². The number of nitrogens with two attached hydrogens (primary N) is 2. The molecule has 0 aromatic rings. The lowest BCUT2D eigenvalue weighted by Crippen LogP contribution is -2.55. The monoisotopic (exact) mass is 382 g/mol. The standard InChI is InChI=1S/C10H16F10N2Si/c11-7(12,9(15,16)17)3-1-5-23(21,22)6-2-4-8(13,14)10(18,19)20/h1-6,21-22H2. The maximum atomic E-state index is 12.6. The van der Waals surface area contributed by atoms with Gasteiger partial charge < -0.3 is 10.8 Å². The van der Waals surface area contributed by atoms with Gasteiger partial charge in [-0.1, -0.05) is 0 Å². The lowest BCUT2D eigenvalue weighted by atomic mass is 10.2. The van der Waals surface area contributed by atoms with Gasteiger partial charge in [-0.05, 0) is 24.9 Å². The Morgan fingerprint density at radius 1 is 0.565 bits per heavy atom. The number of rotatable bonds is 8. The Bertz CT molecular complexity index is 343. The molecule has 2 nitrogen and oxygen atoms in total. The van der Waals surface area contributed by atoms with E-state index in [2.05, 4.69) is 0 Å². The summed E-state index contributed by atoms with van der Waals surface area (Å²) in [6, 6.07) is -0.896. The second-order valence-electron chi connectivity index (χ2n) is 5.34. The van der Waals surface area contributed by atoms with Crippen molar-refractivity contribution in [1.29, 1.82) is 0 Å². The zero-order chi connectivity index (χ0) is 18.7. The van der Waals surface area contributed by atoms with E-state index in [1.165, 1.54) is 0 Å². The van der Waals surface area contributed by atoms with Gasteiger partial charge in [0.05, 0.1) is 0 Å². The lowest BCUT2D eigenvalue weighted by Gasteiger charge is -2.25. The van der Waals surface area contributed by atoms with Crippen LogP contribution in [-0.4, -0.2) is 32.6 Å². The average Bonchev–Trinajstić information content (AvgIpc) is 2.24. The SMILES string of the molecule is N[Si](N)(CCCC(F)(F)C(F)(F)F)CCCC(F)(F)C(F)(F)F. The van der Waals surface area contributed by atoms with Crippen LogP contribution in [0.4, 0.5) is 43.9 Å². The summed E-state index contributed by atoms with van der Waals surface area (Å²) < 4.78 is 122.